The van der Waals surface area contributed by atoms with Gasteiger partial charge in [-0.25, -0.2) is 0 Å². The number of carboxylic acid groups (broad SMARTS) is 1. The van der Waals surface area contributed by atoms with Gasteiger partial charge < -0.3 is 15.3 Å². The molecule has 0 aromatic heterocycles. The van der Waals surface area contributed by atoms with Crippen LogP contribution in [-0.2, 0) is 9.59 Å². The Morgan fingerprint density at radius 2 is 1.88 bits per heavy atom. The zero-order chi connectivity index (χ0) is 12.9. The predicted molar refractivity (Wildman–Crippen MR) is 62.2 cm³/mol. The molecule has 16 heavy (non-hydrogen) atoms. The second kappa shape index (κ2) is 5.84. The van der Waals surface area contributed by atoms with Gasteiger partial charge in [-0.05, 0) is 27.8 Å². The normalized spacial score (nSPS) is 13.3. The van der Waals surface area contributed by atoms with Crippen molar-refractivity contribution in [3.8, 4) is 0 Å². The summed E-state index contributed by atoms with van der Waals surface area (Å²) in [5.74, 6) is -1.34. The van der Waals surface area contributed by atoms with E-state index in [-0.39, 0.29) is 18.4 Å². The third kappa shape index (κ3) is 4.61. The van der Waals surface area contributed by atoms with Crippen LogP contribution in [0.3, 0.4) is 0 Å². The molecule has 1 unspecified atom stereocenters. The number of carbonyl (C=O) groups is 2. The van der Waals surface area contributed by atoms with Crippen LogP contribution in [0.15, 0.2) is 0 Å². The second-order valence-electron chi connectivity index (χ2n) is 4.95. The van der Waals surface area contributed by atoms with Crippen molar-refractivity contribution in [3.63, 3.8) is 0 Å². The van der Waals surface area contributed by atoms with Gasteiger partial charge in [0.15, 0.2) is 0 Å². The Morgan fingerprint density at radius 3 is 2.19 bits per heavy atom. The monoisotopic (exact) mass is 230 g/mol. The minimum Gasteiger partial charge on any atom is -0.480 e. The zero-order valence-electron chi connectivity index (χ0n) is 10.7. The van der Waals surface area contributed by atoms with Crippen molar-refractivity contribution in [1.82, 2.24) is 10.2 Å². The minimum atomic E-state index is -0.986. The van der Waals surface area contributed by atoms with Crippen LogP contribution in [0.25, 0.3) is 0 Å². The molecule has 0 rings (SSSR count). The van der Waals surface area contributed by atoms with Crippen LogP contribution >= 0.6 is 0 Å². The summed E-state index contributed by atoms with van der Waals surface area (Å²) < 4.78 is 0. The Labute approximate surface area is 96.8 Å². The van der Waals surface area contributed by atoms with Crippen molar-refractivity contribution in [3.05, 3.63) is 0 Å². The van der Waals surface area contributed by atoms with Gasteiger partial charge in [-0.3, -0.25) is 9.59 Å². The molecule has 0 fully saturated rings. The van der Waals surface area contributed by atoms with Crippen molar-refractivity contribution < 1.29 is 14.7 Å². The van der Waals surface area contributed by atoms with E-state index in [0.717, 1.165) is 0 Å². The standard InChI is InChI=1S/C11H22N2O3/c1-8(6-12-5)10(16)13(7-9(14)15)11(2,3)4/h8,12H,6-7H2,1-5H3,(H,14,15). The van der Waals surface area contributed by atoms with Gasteiger partial charge in [0.05, 0.1) is 0 Å². The molecule has 0 aromatic carbocycles. The Balaban J connectivity index is 4.76. The summed E-state index contributed by atoms with van der Waals surface area (Å²) >= 11 is 0. The summed E-state index contributed by atoms with van der Waals surface area (Å²) in [6, 6.07) is 0. The summed E-state index contributed by atoms with van der Waals surface area (Å²) in [6.07, 6.45) is 0. The van der Waals surface area contributed by atoms with Gasteiger partial charge in [0.1, 0.15) is 6.54 Å². The SMILES string of the molecule is CNCC(C)C(=O)N(CC(=O)O)C(C)(C)C. The van der Waals surface area contributed by atoms with Crippen LogP contribution < -0.4 is 5.32 Å². The number of rotatable bonds is 5. The molecule has 0 spiro atoms. The molecular weight excluding hydrogens is 208 g/mol. The third-order valence-corrected chi connectivity index (χ3v) is 2.30. The molecule has 0 aliphatic carbocycles. The van der Waals surface area contributed by atoms with Gasteiger partial charge in [-0.1, -0.05) is 6.92 Å². The van der Waals surface area contributed by atoms with Gasteiger partial charge >= 0.3 is 5.97 Å². The first kappa shape index (κ1) is 14.9. The Hall–Kier alpha value is -1.10. The van der Waals surface area contributed by atoms with E-state index in [1.165, 1.54) is 4.90 Å². The van der Waals surface area contributed by atoms with Crippen LogP contribution in [0.4, 0.5) is 0 Å². The molecule has 0 heterocycles. The number of hydrogen-bond donors (Lipinski definition) is 2. The molecule has 94 valence electrons. The lowest BCUT2D eigenvalue weighted by Gasteiger charge is -2.36. The number of nitrogens with zero attached hydrogens (tertiary/aromatic N) is 1. The van der Waals surface area contributed by atoms with E-state index in [9.17, 15) is 9.59 Å². The minimum absolute atomic E-state index is 0.135. The third-order valence-electron chi connectivity index (χ3n) is 2.30. The fourth-order valence-electron chi connectivity index (χ4n) is 1.44. The maximum atomic E-state index is 12.0. The number of amides is 1. The van der Waals surface area contributed by atoms with Crippen LogP contribution in [-0.4, -0.2) is 47.6 Å². The lowest BCUT2D eigenvalue weighted by atomic mass is 10.0. The molecule has 0 saturated heterocycles. The zero-order valence-corrected chi connectivity index (χ0v) is 10.7. The predicted octanol–water partition coefficient (Wildman–Crippen LogP) is 0.554. The smallest absolute Gasteiger partial charge is 0.323 e. The maximum absolute atomic E-state index is 12.0. The molecule has 0 aromatic rings. The molecule has 0 radical (unpaired) electrons. The van der Waals surface area contributed by atoms with Gasteiger partial charge in [0.25, 0.3) is 0 Å². The van der Waals surface area contributed by atoms with Gasteiger partial charge in [-0.2, -0.15) is 0 Å². The first-order valence-corrected chi connectivity index (χ1v) is 5.38. The molecule has 5 heteroatoms. The van der Waals surface area contributed by atoms with Crippen LogP contribution in [0.1, 0.15) is 27.7 Å². The van der Waals surface area contributed by atoms with E-state index in [1.54, 1.807) is 14.0 Å². The highest BCUT2D eigenvalue weighted by Crippen LogP contribution is 2.16. The number of aliphatic carboxylic acids is 1. The highest BCUT2D eigenvalue weighted by molar-refractivity contribution is 5.83. The summed E-state index contributed by atoms with van der Waals surface area (Å²) in [6.45, 7) is 7.58. The summed E-state index contributed by atoms with van der Waals surface area (Å²) in [5.41, 5.74) is -0.475. The van der Waals surface area contributed by atoms with Crippen molar-refractivity contribution in [1.29, 1.82) is 0 Å². The average molecular weight is 230 g/mol. The average Bonchev–Trinajstić information content (AvgIpc) is 2.11. The van der Waals surface area contributed by atoms with Crippen molar-refractivity contribution in [2.75, 3.05) is 20.1 Å². The number of nitrogens with one attached hydrogen (secondary N) is 1. The van der Waals surface area contributed by atoms with Crippen molar-refractivity contribution in [2.45, 2.75) is 33.2 Å². The lowest BCUT2D eigenvalue weighted by Crippen LogP contribution is -2.51. The first-order chi connectivity index (χ1) is 7.20. The molecule has 0 saturated carbocycles. The van der Waals surface area contributed by atoms with Crippen LogP contribution in [0.5, 0.6) is 0 Å². The van der Waals surface area contributed by atoms with Crippen LogP contribution in [0.2, 0.25) is 0 Å². The van der Waals surface area contributed by atoms with E-state index in [0.29, 0.717) is 6.54 Å². The fraction of sp³-hybridized carbons (Fsp3) is 0.818. The number of carboxylic acids is 1. The van der Waals surface area contributed by atoms with E-state index >= 15 is 0 Å². The molecule has 0 aliphatic rings. The maximum Gasteiger partial charge on any atom is 0.323 e. The van der Waals surface area contributed by atoms with E-state index < -0.39 is 11.5 Å². The highest BCUT2D eigenvalue weighted by Gasteiger charge is 2.30. The molecule has 0 bridgehead atoms. The molecular formula is C11H22N2O3. The first-order valence-electron chi connectivity index (χ1n) is 5.38. The van der Waals surface area contributed by atoms with Gasteiger partial charge in [-0.15, -0.1) is 0 Å². The summed E-state index contributed by atoms with van der Waals surface area (Å²) in [7, 11) is 1.77. The van der Waals surface area contributed by atoms with Gasteiger partial charge in [0.2, 0.25) is 5.91 Å². The number of carbonyl (C=O) groups excluding carboxylic acids is 1. The lowest BCUT2D eigenvalue weighted by molar-refractivity contribution is -0.150. The summed E-state index contributed by atoms with van der Waals surface area (Å²) in [4.78, 5) is 24.2. The molecule has 0 aliphatic heterocycles. The van der Waals surface area contributed by atoms with E-state index in [2.05, 4.69) is 5.32 Å². The molecule has 5 nitrogen and oxygen atoms in total. The molecule has 1 amide bonds. The van der Waals surface area contributed by atoms with Crippen molar-refractivity contribution >= 4 is 11.9 Å². The number of hydrogen-bond acceptors (Lipinski definition) is 3. The Bertz CT molecular complexity index is 258. The highest BCUT2D eigenvalue weighted by atomic mass is 16.4. The summed E-state index contributed by atoms with van der Waals surface area (Å²) in [5, 5.41) is 11.7. The van der Waals surface area contributed by atoms with Crippen molar-refractivity contribution in [2.24, 2.45) is 5.92 Å². The Morgan fingerprint density at radius 1 is 1.38 bits per heavy atom. The largest absolute Gasteiger partial charge is 0.480 e. The second-order valence-corrected chi connectivity index (χ2v) is 4.95. The molecule has 1 atom stereocenters. The van der Waals surface area contributed by atoms with Gasteiger partial charge in [0, 0.05) is 18.0 Å². The van der Waals surface area contributed by atoms with E-state index in [1.807, 2.05) is 20.8 Å². The quantitative estimate of drug-likeness (QED) is 0.724. The van der Waals surface area contributed by atoms with Crippen LogP contribution in [0, 0.1) is 5.92 Å². The molecule has 2 N–H and O–H groups in total. The fourth-order valence-corrected chi connectivity index (χ4v) is 1.44. The Kier molecular flexibility index (Phi) is 5.44. The topological polar surface area (TPSA) is 69.6 Å². The van der Waals surface area contributed by atoms with E-state index in [4.69, 9.17) is 5.11 Å².